The maximum atomic E-state index is 10.9. The first-order valence-corrected chi connectivity index (χ1v) is 5.67. The molecule has 0 radical (unpaired) electrons. The third kappa shape index (κ3) is 2.84. The number of alkyl carbamates (subject to hydrolysis) is 1. The van der Waals surface area contributed by atoms with E-state index in [1.165, 1.54) is 0 Å². The second-order valence-electron chi connectivity index (χ2n) is 3.91. The maximum Gasteiger partial charge on any atom is 0.407 e. The number of hydrogen-bond donors (Lipinski definition) is 2. The summed E-state index contributed by atoms with van der Waals surface area (Å²) in [5.74, 6) is 1.23. The van der Waals surface area contributed by atoms with E-state index >= 15 is 0 Å². The number of nitrogens with one attached hydrogen (secondary N) is 1. The van der Waals surface area contributed by atoms with Gasteiger partial charge in [0.05, 0.1) is 13.7 Å². The second kappa shape index (κ2) is 5.59. The van der Waals surface area contributed by atoms with Crippen LogP contribution in [-0.2, 0) is 11.3 Å². The van der Waals surface area contributed by atoms with Gasteiger partial charge in [-0.3, -0.25) is 0 Å². The van der Waals surface area contributed by atoms with Crippen LogP contribution in [0.15, 0.2) is 18.2 Å². The Balaban J connectivity index is 2.00. The summed E-state index contributed by atoms with van der Waals surface area (Å²) >= 11 is 0. The van der Waals surface area contributed by atoms with Gasteiger partial charge in [0.25, 0.3) is 0 Å². The number of ether oxygens (including phenoxy) is 3. The van der Waals surface area contributed by atoms with Gasteiger partial charge in [-0.1, -0.05) is 6.07 Å². The minimum atomic E-state index is -0.411. The number of benzene rings is 1. The van der Waals surface area contributed by atoms with Crippen molar-refractivity contribution >= 4 is 6.09 Å². The van der Waals surface area contributed by atoms with Crippen LogP contribution in [0.2, 0.25) is 0 Å². The van der Waals surface area contributed by atoms with Crippen molar-refractivity contribution < 1.29 is 19.0 Å². The normalized spacial score (nSPS) is 18.1. The Bertz CT molecular complexity index is 436. The van der Waals surface area contributed by atoms with Crippen LogP contribution in [0.4, 0.5) is 4.79 Å². The number of amides is 1. The van der Waals surface area contributed by atoms with Crippen LogP contribution in [0.1, 0.15) is 5.56 Å². The molecule has 0 bridgehead atoms. The molecule has 0 spiro atoms. The quantitative estimate of drug-likeness (QED) is 0.803. The van der Waals surface area contributed by atoms with Crippen molar-refractivity contribution in [3.63, 3.8) is 0 Å². The molecule has 1 atom stereocenters. The molecule has 2 rings (SSSR count). The molecule has 1 aliphatic rings. The van der Waals surface area contributed by atoms with Gasteiger partial charge in [0.15, 0.2) is 17.6 Å². The minimum absolute atomic E-state index is 0.274. The van der Waals surface area contributed by atoms with Crippen molar-refractivity contribution in [2.45, 2.75) is 12.6 Å². The Morgan fingerprint density at radius 2 is 2.33 bits per heavy atom. The van der Waals surface area contributed by atoms with E-state index in [1.807, 2.05) is 12.1 Å². The zero-order valence-electron chi connectivity index (χ0n) is 10.1. The highest BCUT2D eigenvalue weighted by molar-refractivity contribution is 5.69. The lowest BCUT2D eigenvalue weighted by Gasteiger charge is -2.14. The molecule has 18 heavy (non-hydrogen) atoms. The zero-order chi connectivity index (χ0) is 13.0. The molecular formula is C12H16N2O4. The van der Waals surface area contributed by atoms with Gasteiger partial charge in [0.1, 0.15) is 6.61 Å². The van der Waals surface area contributed by atoms with E-state index in [-0.39, 0.29) is 12.7 Å². The Kier molecular flexibility index (Phi) is 3.88. The van der Waals surface area contributed by atoms with Crippen molar-refractivity contribution in [3.05, 3.63) is 23.8 Å². The Hall–Kier alpha value is -1.95. The van der Waals surface area contributed by atoms with Gasteiger partial charge in [0, 0.05) is 6.54 Å². The Morgan fingerprint density at radius 3 is 2.94 bits per heavy atom. The van der Waals surface area contributed by atoms with Gasteiger partial charge < -0.3 is 25.3 Å². The second-order valence-corrected chi connectivity index (χ2v) is 3.91. The SMILES string of the molecule is COc1ccc(CN)cc1OCC1CNC(=O)O1. The largest absolute Gasteiger partial charge is 0.493 e. The number of cyclic esters (lactones) is 1. The fourth-order valence-electron chi connectivity index (χ4n) is 1.67. The smallest absolute Gasteiger partial charge is 0.407 e. The van der Waals surface area contributed by atoms with E-state index in [0.717, 1.165) is 5.56 Å². The van der Waals surface area contributed by atoms with Crippen LogP contribution in [0.25, 0.3) is 0 Å². The molecule has 1 unspecified atom stereocenters. The van der Waals surface area contributed by atoms with Crippen molar-refractivity contribution in [2.75, 3.05) is 20.3 Å². The Morgan fingerprint density at radius 1 is 1.50 bits per heavy atom. The highest BCUT2D eigenvalue weighted by atomic mass is 16.6. The molecule has 0 aromatic heterocycles. The number of carbonyl (C=O) groups is 1. The molecule has 1 aromatic carbocycles. The first-order valence-electron chi connectivity index (χ1n) is 5.67. The van der Waals surface area contributed by atoms with Crippen molar-refractivity contribution in [1.82, 2.24) is 5.32 Å². The first-order chi connectivity index (χ1) is 8.72. The van der Waals surface area contributed by atoms with Crippen LogP contribution in [-0.4, -0.2) is 32.5 Å². The summed E-state index contributed by atoms with van der Waals surface area (Å²) in [6.45, 7) is 1.17. The molecule has 0 saturated carbocycles. The Labute approximate surface area is 105 Å². The molecule has 1 aliphatic heterocycles. The highest BCUT2D eigenvalue weighted by Gasteiger charge is 2.23. The number of nitrogens with two attached hydrogens (primary N) is 1. The summed E-state index contributed by atoms with van der Waals surface area (Å²) in [6.07, 6.45) is -0.685. The first kappa shape index (κ1) is 12.5. The van der Waals surface area contributed by atoms with Gasteiger partial charge in [-0.15, -0.1) is 0 Å². The fraction of sp³-hybridized carbons (Fsp3) is 0.417. The molecule has 6 nitrogen and oxygen atoms in total. The van der Waals surface area contributed by atoms with Crippen LogP contribution in [0.3, 0.4) is 0 Å². The van der Waals surface area contributed by atoms with E-state index in [9.17, 15) is 4.79 Å². The number of hydrogen-bond acceptors (Lipinski definition) is 5. The number of methoxy groups -OCH3 is 1. The summed E-state index contributed by atoms with van der Waals surface area (Å²) in [4.78, 5) is 10.9. The van der Waals surface area contributed by atoms with E-state index in [0.29, 0.717) is 24.6 Å². The van der Waals surface area contributed by atoms with Gasteiger partial charge in [-0.05, 0) is 17.7 Å². The molecule has 1 aromatic rings. The van der Waals surface area contributed by atoms with E-state index in [2.05, 4.69) is 5.32 Å². The standard InChI is InChI=1S/C12H16N2O4/c1-16-10-3-2-8(5-13)4-11(10)17-7-9-6-14-12(15)18-9/h2-4,9H,5-7,13H2,1H3,(H,14,15). The molecule has 0 aliphatic carbocycles. The molecule has 1 saturated heterocycles. The van der Waals surface area contributed by atoms with Crippen LogP contribution in [0, 0.1) is 0 Å². The summed E-state index contributed by atoms with van der Waals surface area (Å²) in [7, 11) is 1.57. The minimum Gasteiger partial charge on any atom is -0.493 e. The summed E-state index contributed by atoms with van der Waals surface area (Å²) in [6, 6.07) is 5.50. The lowest BCUT2D eigenvalue weighted by Crippen LogP contribution is -2.22. The third-order valence-electron chi connectivity index (χ3n) is 2.64. The number of rotatable bonds is 5. The highest BCUT2D eigenvalue weighted by Crippen LogP contribution is 2.28. The molecule has 98 valence electrons. The zero-order valence-corrected chi connectivity index (χ0v) is 10.1. The third-order valence-corrected chi connectivity index (χ3v) is 2.64. The van der Waals surface area contributed by atoms with Gasteiger partial charge in [0.2, 0.25) is 0 Å². The lowest BCUT2D eigenvalue weighted by atomic mass is 10.2. The number of carbonyl (C=O) groups excluding carboxylic acids is 1. The predicted octanol–water partition coefficient (Wildman–Crippen LogP) is 0.641. The van der Waals surface area contributed by atoms with Crippen LogP contribution < -0.4 is 20.5 Å². The molecule has 6 heteroatoms. The van der Waals surface area contributed by atoms with E-state index in [1.54, 1.807) is 13.2 Å². The predicted molar refractivity (Wildman–Crippen MR) is 64.7 cm³/mol. The van der Waals surface area contributed by atoms with Gasteiger partial charge in [-0.25, -0.2) is 4.79 Å². The lowest BCUT2D eigenvalue weighted by molar-refractivity contribution is 0.103. The average molecular weight is 252 g/mol. The summed E-state index contributed by atoms with van der Waals surface area (Å²) in [5, 5.41) is 2.56. The molecule has 1 fully saturated rings. The maximum absolute atomic E-state index is 10.9. The summed E-state index contributed by atoms with van der Waals surface area (Å²) < 4.78 is 15.8. The van der Waals surface area contributed by atoms with Gasteiger partial charge >= 0.3 is 6.09 Å². The van der Waals surface area contributed by atoms with Gasteiger partial charge in [-0.2, -0.15) is 0 Å². The molecule has 1 heterocycles. The topological polar surface area (TPSA) is 82.8 Å². The van der Waals surface area contributed by atoms with Crippen molar-refractivity contribution in [2.24, 2.45) is 5.73 Å². The molecule has 1 amide bonds. The average Bonchev–Trinajstić information content (AvgIpc) is 2.81. The summed E-state index contributed by atoms with van der Waals surface area (Å²) in [5.41, 5.74) is 6.52. The van der Waals surface area contributed by atoms with E-state index in [4.69, 9.17) is 19.9 Å². The van der Waals surface area contributed by atoms with Crippen molar-refractivity contribution in [3.8, 4) is 11.5 Å². The van der Waals surface area contributed by atoms with Crippen LogP contribution in [0.5, 0.6) is 11.5 Å². The molecule has 3 N–H and O–H groups in total. The monoisotopic (exact) mass is 252 g/mol. The molecular weight excluding hydrogens is 236 g/mol. The fourth-order valence-corrected chi connectivity index (χ4v) is 1.67. The van der Waals surface area contributed by atoms with E-state index < -0.39 is 6.09 Å². The van der Waals surface area contributed by atoms with Crippen LogP contribution >= 0.6 is 0 Å². The van der Waals surface area contributed by atoms with Crippen molar-refractivity contribution in [1.29, 1.82) is 0 Å².